The zero-order valence-corrected chi connectivity index (χ0v) is 11.0. The molecule has 0 aromatic carbocycles. The van der Waals surface area contributed by atoms with Crippen molar-refractivity contribution >= 4 is 27.9 Å². The molecule has 0 radical (unpaired) electrons. The Balaban J connectivity index is 2.74. The van der Waals surface area contributed by atoms with Crippen molar-refractivity contribution in [3.63, 3.8) is 0 Å². The van der Waals surface area contributed by atoms with Crippen LogP contribution < -0.4 is 0 Å². The molecule has 92 valence electrons. The van der Waals surface area contributed by atoms with E-state index in [0.29, 0.717) is 0 Å². The van der Waals surface area contributed by atoms with Gasteiger partial charge in [-0.2, -0.15) is 0 Å². The lowest BCUT2D eigenvalue weighted by molar-refractivity contribution is -0.150. The maximum Gasteiger partial charge on any atom is 0.312 e. The molecule has 0 aromatic rings. The molecule has 1 aliphatic heterocycles. The van der Waals surface area contributed by atoms with E-state index in [1.54, 1.807) is 0 Å². The van der Waals surface area contributed by atoms with E-state index < -0.39 is 18.0 Å². The number of ether oxygens (including phenoxy) is 3. The normalized spacial score (nSPS) is 33.5. The minimum Gasteiger partial charge on any atom is -0.469 e. The van der Waals surface area contributed by atoms with Crippen molar-refractivity contribution in [3.8, 4) is 0 Å². The van der Waals surface area contributed by atoms with Gasteiger partial charge in [0.05, 0.1) is 43.6 Å². The highest BCUT2D eigenvalue weighted by atomic mass is 79.9. The molecule has 0 amide bonds. The number of esters is 2. The molecule has 4 atom stereocenters. The number of carbonyl (C=O) groups excluding carboxylic acids is 2. The van der Waals surface area contributed by atoms with Crippen LogP contribution in [-0.4, -0.2) is 43.2 Å². The minimum atomic E-state index is -0.487. The molecule has 16 heavy (non-hydrogen) atoms. The van der Waals surface area contributed by atoms with Crippen LogP contribution >= 0.6 is 15.9 Å². The summed E-state index contributed by atoms with van der Waals surface area (Å²) < 4.78 is 14.8. The second-order valence-corrected chi connectivity index (χ2v) is 4.71. The van der Waals surface area contributed by atoms with E-state index in [-0.39, 0.29) is 23.3 Å². The van der Waals surface area contributed by atoms with Crippen LogP contribution in [0.15, 0.2) is 0 Å². The Bertz CT molecular complexity index is 280. The Morgan fingerprint density at radius 2 is 1.94 bits per heavy atom. The molecule has 0 aliphatic carbocycles. The van der Waals surface area contributed by atoms with Gasteiger partial charge < -0.3 is 14.2 Å². The number of hydrogen-bond donors (Lipinski definition) is 0. The molecule has 1 unspecified atom stereocenters. The topological polar surface area (TPSA) is 61.8 Å². The van der Waals surface area contributed by atoms with Crippen molar-refractivity contribution < 1.29 is 23.8 Å². The molecular weight excluding hydrogens is 280 g/mol. The molecule has 1 aliphatic rings. The fourth-order valence-electron chi connectivity index (χ4n) is 1.77. The summed E-state index contributed by atoms with van der Waals surface area (Å²) in [5.41, 5.74) is 0. The molecule has 0 N–H and O–H groups in total. The molecule has 0 bridgehead atoms. The van der Waals surface area contributed by atoms with E-state index in [2.05, 4.69) is 20.7 Å². The average Bonchev–Trinajstić information content (AvgIpc) is 2.53. The highest BCUT2D eigenvalue weighted by molar-refractivity contribution is 9.09. The van der Waals surface area contributed by atoms with Gasteiger partial charge in [0.15, 0.2) is 0 Å². The summed E-state index contributed by atoms with van der Waals surface area (Å²) in [5, 5.41) is 0. The van der Waals surface area contributed by atoms with Gasteiger partial charge in [-0.15, -0.1) is 0 Å². The lowest BCUT2D eigenvalue weighted by Gasteiger charge is -2.16. The standard InChI is InChI=1S/C10H15BrO5/c1-5-9(11)8(10(13)15-3)6(16-5)4-7(12)14-2/h5-6,8-9H,4H2,1-3H3/t5-,6+,8+,9?/m0/s1. The second-order valence-electron chi connectivity index (χ2n) is 3.65. The number of carbonyl (C=O) groups is 2. The Morgan fingerprint density at radius 1 is 1.31 bits per heavy atom. The first-order valence-corrected chi connectivity index (χ1v) is 5.87. The second kappa shape index (κ2) is 5.63. The highest BCUT2D eigenvalue weighted by Crippen LogP contribution is 2.35. The number of methoxy groups -OCH3 is 2. The van der Waals surface area contributed by atoms with E-state index >= 15 is 0 Å². The van der Waals surface area contributed by atoms with Gasteiger partial charge in [-0.3, -0.25) is 9.59 Å². The first-order chi connectivity index (χ1) is 7.51. The number of rotatable bonds is 3. The Kier molecular flexibility index (Phi) is 4.73. The van der Waals surface area contributed by atoms with Gasteiger partial charge in [-0.05, 0) is 6.92 Å². The van der Waals surface area contributed by atoms with Gasteiger partial charge in [0.2, 0.25) is 0 Å². The van der Waals surface area contributed by atoms with Crippen LogP contribution in [0.1, 0.15) is 13.3 Å². The molecule has 1 heterocycles. The number of alkyl halides is 1. The van der Waals surface area contributed by atoms with Crippen molar-refractivity contribution in [3.05, 3.63) is 0 Å². The van der Waals surface area contributed by atoms with Gasteiger partial charge in [0.25, 0.3) is 0 Å². The van der Waals surface area contributed by atoms with Crippen LogP contribution in [0.4, 0.5) is 0 Å². The monoisotopic (exact) mass is 294 g/mol. The van der Waals surface area contributed by atoms with Gasteiger partial charge in [0, 0.05) is 0 Å². The number of halogens is 1. The van der Waals surface area contributed by atoms with Crippen molar-refractivity contribution in [1.82, 2.24) is 0 Å². The summed E-state index contributed by atoms with van der Waals surface area (Å²) in [6.45, 7) is 1.84. The van der Waals surface area contributed by atoms with Crippen LogP contribution in [0.5, 0.6) is 0 Å². The van der Waals surface area contributed by atoms with Crippen LogP contribution in [0.2, 0.25) is 0 Å². The summed E-state index contributed by atoms with van der Waals surface area (Å²) in [6, 6.07) is 0. The zero-order chi connectivity index (χ0) is 12.3. The molecule has 0 saturated carbocycles. The van der Waals surface area contributed by atoms with Gasteiger partial charge in [-0.25, -0.2) is 0 Å². The molecule has 0 spiro atoms. The first-order valence-electron chi connectivity index (χ1n) is 4.95. The smallest absolute Gasteiger partial charge is 0.312 e. The van der Waals surface area contributed by atoms with E-state index in [4.69, 9.17) is 9.47 Å². The third-order valence-corrected chi connectivity index (χ3v) is 3.96. The molecular formula is C10H15BrO5. The minimum absolute atomic E-state index is 0.0582. The first kappa shape index (κ1) is 13.4. The fraction of sp³-hybridized carbons (Fsp3) is 0.800. The van der Waals surface area contributed by atoms with E-state index in [9.17, 15) is 9.59 Å². The van der Waals surface area contributed by atoms with Gasteiger partial charge in [0.1, 0.15) is 0 Å². The Labute approximate surface area is 103 Å². The highest BCUT2D eigenvalue weighted by Gasteiger charge is 2.46. The quantitative estimate of drug-likeness (QED) is 0.571. The summed E-state index contributed by atoms with van der Waals surface area (Å²) >= 11 is 3.39. The maximum atomic E-state index is 11.6. The summed E-state index contributed by atoms with van der Waals surface area (Å²) in [4.78, 5) is 22.6. The predicted octanol–water partition coefficient (Wildman–Crippen LogP) is 0.889. The van der Waals surface area contributed by atoms with Crippen molar-refractivity contribution in [1.29, 1.82) is 0 Å². The van der Waals surface area contributed by atoms with Crippen LogP contribution in [0.25, 0.3) is 0 Å². The average molecular weight is 295 g/mol. The Hall–Kier alpha value is -0.620. The lowest BCUT2D eigenvalue weighted by atomic mass is 9.97. The van der Waals surface area contributed by atoms with Crippen LogP contribution in [-0.2, 0) is 23.8 Å². The van der Waals surface area contributed by atoms with Gasteiger partial charge >= 0.3 is 11.9 Å². The molecule has 1 fully saturated rings. The molecule has 1 saturated heterocycles. The van der Waals surface area contributed by atoms with E-state index in [1.807, 2.05) is 6.92 Å². The predicted molar refractivity (Wildman–Crippen MR) is 59.2 cm³/mol. The largest absolute Gasteiger partial charge is 0.469 e. The van der Waals surface area contributed by atoms with Crippen molar-refractivity contribution in [2.75, 3.05) is 14.2 Å². The summed E-state index contributed by atoms with van der Waals surface area (Å²) in [7, 11) is 2.62. The molecule has 6 heteroatoms. The molecule has 0 aromatic heterocycles. The third-order valence-electron chi connectivity index (χ3n) is 2.65. The third kappa shape index (κ3) is 2.74. The van der Waals surface area contributed by atoms with E-state index in [1.165, 1.54) is 14.2 Å². The SMILES string of the molecule is COC(=O)C[C@H]1O[C@@H](C)C(Br)[C@@H]1C(=O)OC. The molecule has 5 nitrogen and oxygen atoms in total. The maximum absolute atomic E-state index is 11.6. The summed E-state index contributed by atoms with van der Waals surface area (Å²) in [5.74, 6) is -1.24. The zero-order valence-electron chi connectivity index (χ0n) is 9.44. The van der Waals surface area contributed by atoms with E-state index in [0.717, 1.165) is 0 Å². The number of hydrogen-bond acceptors (Lipinski definition) is 5. The van der Waals surface area contributed by atoms with Gasteiger partial charge in [-0.1, -0.05) is 15.9 Å². The van der Waals surface area contributed by atoms with Crippen molar-refractivity contribution in [2.24, 2.45) is 5.92 Å². The fourth-order valence-corrected chi connectivity index (χ4v) is 2.45. The van der Waals surface area contributed by atoms with Crippen LogP contribution in [0.3, 0.4) is 0 Å². The van der Waals surface area contributed by atoms with Crippen LogP contribution in [0, 0.1) is 5.92 Å². The molecule has 1 rings (SSSR count). The summed E-state index contributed by atoms with van der Waals surface area (Å²) in [6.07, 6.45) is -0.569. The van der Waals surface area contributed by atoms with Crippen molar-refractivity contribution in [2.45, 2.75) is 30.4 Å². The Morgan fingerprint density at radius 3 is 2.44 bits per heavy atom. The lowest BCUT2D eigenvalue weighted by Crippen LogP contribution is -2.32.